The maximum atomic E-state index is 11.8. The number of aryl methyl sites for hydroxylation is 1. The number of ether oxygens (including phenoxy) is 1. The second kappa shape index (κ2) is 15.9. The standard InChI is InChI=1S/C18H23N3O2S.C3H8/c1-5-7-9-15(6-2)10-11-16-14(3)20-18(24-16)21-17(22)19-12-8-13-23-4;1-3-2/h5-7,9H,1,8,12-13H2,2-4H3,(H2,19,20,21,22);3H2,1-2H3/b9-7-,15-6+;. The van der Waals surface area contributed by atoms with Crippen LogP contribution >= 0.6 is 11.3 Å². The lowest BCUT2D eigenvalue weighted by Crippen LogP contribution is -2.29. The number of aromatic nitrogens is 1. The Labute approximate surface area is 167 Å². The monoisotopic (exact) mass is 389 g/mol. The van der Waals surface area contributed by atoms with Gasteiger partial charge in [0.1, 0.15) is 4.88 Å². The molecule has 0 aromatic carbocycles. The maximum Gasteiger partial charge on any atom is 0.321 e. The summed E-state index contributed by atoms with van der Waals surface area (Å²) in [4.78, 5) is 16.9. The van der Waals surface area contributed by atoms with Crippen LogP contribution in [0.15, 0.2) is 36.5 Å². The summed E-state index contributed by atoms with van der Waals surface area (Å²) in [7, 11) is 1.63. The van der Waals surface area contributed by atoms with Crippen LogP contribution in [-0.2, 0) is 4.74 Å². The zero-order valence-electron chi connectivity index (χ0n) is 17.0. The third kappa shape index (κ3) is 11.8. The van der Waals surface area contributed by atoms with Gasteiger partial charge in [-0.05, 0) is 32.3 Å². The van der Waals surface area contributed by atoms with Crippen LogP contribution < -0.4 is 10.6 Å². The topological polar surface area (TPSA) is 63.2 Å². The summed E-state index contributed by atoms with van der Waals surface area (Å²) in [5.74, 6) is 6.17. The van der Waals surface area contributed by atoms with Gasteiger partial charge in [-0.15, -0.1) is 0 Å². The third-order valence-corrected chi connectivity index (χ3v) is 3.86. The Morgan fingerprint density at radius 2 is 2.11 bits per heavy atom. The molecule has 0 fully saturated rings. The van der Waals surface area contributed by atoms with Gasteiger partial charge in [-0.25, -0.2) is 9.78 Å². The number of nitrogens with zero attached hydrogens (tertiary/aromatic N) is 1. The van der Waals surface area contributed by atoms with Crippen molar-refractivity contribution >= 4 is 22.5 Å². The van der Waals surface area contributed by atoms with Crippen molar-refractivity contribution in [1.82, 2.24) is 10.3 Å². The van der Waals surface area contributed by atoms with Gasteiger partial charge < -0.3 is 10.1 Å². The number of rotatable bonds is 7. The molecule has 2 N–H and O–H groups in total. The predicted octanol–water partition coefficient (Wildman–Crippen LogP) is 5.07. The number of urea groups is 1. The van der Waals surface area contributed by atoms with Crippen molar-refractivity contribution in [3.05, 3.63) is 47.0 Å². The van der Waals surface area contributed by atoms with Gasteiger partial charge in [-0.1, -0.05) is 62.3 Å². The van der Waals surface area contributed by atoms with Crippen molar-refractivity contribution in [2.75, 3.05) is 25.6 Å². The van der Waals surface area contributed by atoms with E-state index in [-0.39, 0.29) is 6.03 Å². The highest BCUT2D eigenvalue weighted by molar-refractivity contribution is 7.16. The zero-order valence-corrected chi connectivity index (χ0v) is 17.8. The summed E-state index contributed by atoms with van der Waals surface area (Å²) in [6, 6.07) is -0.276. The minimum Gasteiger partial charge on any atom is -0.385 e. The number of carbonyl (C=O) groups is 1. The number of carbonyl (C=O) groups excluding carboxylic acids is 1. The summed E-state index contributed by atoms with van der Waals surface area (Å²) < 4.78 is 4.93. The third-order valence-electron chi connectivity index (χ3n) is 2.87. The van der Waals surface area contributed by atoms with Crippen molar-refractivity contribution in [3.8, 4) is 11.8 Å². The highest BCUT2D eigenvalue weighted by Crippen LogP contribution is 2.21. The molecule has 2 amide bonds. The summed E-state index contributed by atoms with van der Waals surface area (Å²) in [6.07, 6.45) is 9.38. The van der Waals surface area contributed by atoms with E-state index in [2.05, 4.69) is 47.9 Å². The highest BCUT2D eigenvalue weighted by Gasteiger charge is 2.08. The van der Waals surface area contributed by atoms with Crippen molar-refractivity contribution < 1.29 is 9.53 Å². The van der Waals surface area contributed by atoms with Crippen molar-refractivity contribution in [2.45, 2.75) is 40.5 Å². The van der Waals surface area contributed by atoms with Crippen LogP contribution in [0.1, 0.15) is 44.2 Å². The number of anilines is 1. The van der Waals surface area contributed by atoms with Crippen molar-refractivity contribution in [1.29, 1.82) is 0 Å². The first-order valence-corrected chi connectivity index (χ1v) is 9.82. The summed E-state index contributed by atoms with van der Waals surface area (Å²) in [5, 5.41) is 6.01. The number of nitrogens with one attached hydrogen (secondary N) is 2. The highest BCUT2D eigenvalue weighted by atomic mass is 32.1. The van der Waals surface area contributed by atoms with Gasteiger partial charge in [0.05, 0.1) is 5.69 Å². The van der Waals surface area contributed by atoms with E-state index in [9.17, 15) is 4.79 Å². The lowest BCUT2D eigenvalue weighted by atomic mass is 10.2. The molecule has 148 valence electrons. The molecular formula is C21H31N3O2S. The van der Waals surface area contributed by atoms with Crippen molar-refractivity contribution in [3.63, 3.8) is 0 Å². The fourth-order valence-corrected chi connectivity index (χ4v) is 2.45. The fourth-order valence-electron chi connectivity index (χ4n) is 1.64. The van der Waals surface area contributed by atoms with Crippen LogP contribution in [0.3, 0.4) is 0 Å². The first kappa shape index (κ1) is 24.6. The largest absolute Gasteiger partial charge is 0.385 e. The van der Waals surface area contributed by atoms with E-state index in [4.69, 9.17) is 4.74 Å². The second-order valence-corrected chi connectivity index (χ2v) is 6.46. The molecule has 0 unspecified atom stereocenters. The molecule has 27 heavy (non-hydrogen) atoms. The Bertz CT molecular complexity index is 694. The van der Waals surface area contributed by atoms with Gasteiger partial charge in [0.15, 0.2) is 5.13 Å². The molecule has 0 atom stereocenters. The Morgan fingerprint density at radius 1 is 1.41 bits per heavy atom. The molecule has 0 bridgehead atoms. The number of hydrogen-bond donors (Lipinski definition) is 2. The lowest BCUT2D eigenvalue weighted by Gasteiger charge is -2.04. The van der Waals surface area contributed by atoms with Crippen LogP contribution in [0, 0.1) is 18.8 Å². The Hall–Kier alpha value is -2.36. The molecule has 0 spiro atoms. The van der Waals surface area contributed by atoms with Gasteiger partial charge in [-0.3, -0.25) is 5.32 Å². The van der Waals surface area contributed by atoms with Crippen LogP contribution in [-0.4, -0.2) is 31.3 Å². The van der Waals surface area contributed by atoms with E-state index in [0.717, 1.165) is 22.6 Å². The average Bonchev–Trinajstić information content (AvgIpc) is 2.99. The number of thiazole rings is 1. The van der Waals surface area contributed by atoms with Gasteiger partial charge in [-0.2, -0.15) is 0 Å². The normalized spacial score (nSPS) is 10.5. The SMILES string of the molecule is C=C/C=C\C(C#Cc1sc(NC(=O)NCCCOC)nc1C)=C/C.CCC. The number of allylic oxidation sites excluding steroid dienone is 5. The van der Waals surface area contributed by atoms with Gasteiger partial charge in [0.25, 0.3) is 0 Å². The fraction of sp³-hybridized carbons (Fsp3) is 0.429. The van der Waals surface area contributed by atoms with Crippen molar-refractivity contribution in [2.24, 2.45) is 0 Å². The van der Waals surface area contributed by atoms with E-state index < -0.39 is 0 Å². The van der Waals surface area contributed by atoms with E-state index in [0.29, 0.717) is 18.3 Å². The Kier molecular flexibility index (Phi) is 14.5. The van der Waals surface area contributed by atoms with Crippen LogP contribution in [0.5, 0.6) is 0 Å². The first-order chi connectivity index (χ1) is 13.0. The quantitative estimate of drug-likeness (QED) is 0.389. The van der Waals surface area contributed by atoms with E-state index >= 15 is 0 Å². The van der Waals surface area contributed by atoms with Crippen LogP contribution in [0.25, 0.3) is 0 Å². The molecule has 1 aromatic heterocycles. The molecule has 0 saturated heterocycles. The first-order valence-electron chi connectivity index (χ1n) is 9.00. The molecule has 0 aliphatic heterocycles. The predicted molar refractivity (Wildman–Crippen MR) is 116 cm³/mol. The molecule has 0 saturated carbocycles. The second-order valence-electron chi connectivity index (χ2n) is 5.46. The van der Waals surface area contributed by atoms with Gasteiger partial charge in [0, 0.05) is 25.8 Å². The molecular weight excluding hydrogens is 358 g/mol. The van der Waals surface area contributed by atoms with E-state index in [1.807, 2.05) is 32.1 Å². The number of amides is 2. The molecule has 5 nitrogen and oxygen atoms in total. The van der Waals surface area contributed by atoms with Crippen LogP contribution in [0.4, 0.5) is 9.93 Å². The molecule has 1 aromatic rings. The Balaban J connectivity index is 0.00000210. The maximum absolute atomic E-state index is 11.8. The smallest absolute Gasteiger partial charge is 0.321 e. The molecule has 1 rings (SSSR count). The van der Waals surface area contributed by atoms with E-state index in [1.165, 1.54) is 17.8 Å². The molecule has 1 heterocycles. The lowest BCUT2D eigenvalue weighted by molar-refractivity contribution is 0.194. The van der Waals surface area contributed by atoms with Gasteiger partial charge in [0.2, 0.25) is 0 Å². The van der Waals surface area contributed by atoms with E-state index in [1.54, 1.807) is 13.2 Å². The minimum atomic E-state index is -0.276. The Morgan fingerprint density at radius 3 is 2.70 bits per heavy atom. The summed E-state index contributed by atoms with van der Waals surface area (Å²) >= 11 is 1.36. The van der Waals surface area contributed by atoms with Gasteiger partial charge >= 0.3 is 6.03 Å². The molecule has 0 aliphatic rings. The summed E-state index contributed by atoms with van der Waals surface area (Å²) in [5.41, 5.74) is 1.69. The number of methoxy groups -OCH3 is 1. The molecule has 6 heteroatoms. The molecule has 0 aliphatic carbocycles. The zero-order chi connectivity index (χ0) is 20.5. The minimum absolute atomic E-state index is 0.276. The van der Waals surface area contributed by atoms with Crippen LogP contribution in [0.2, 0.25) is 0 Å². The average molecular weight is 390 g/mol. The number of hydrogen-bond acceptors (Lipinski definition) is 4. The molecule has 0 radical (unpaired) electrons. The summed E-state index contributed by atoms with van der Waals surface area (Å²) in [6.45, 7) is 12.9.